The van der Waals surface area contributed by atoms with Crippen molar-refractivity contribution in [2.45, 2.75) is 47.1 Å². The van der Waals surface area contributed by atoms with Crippen molar-refractivity contribution in [3.63, 3.8) is 0 Å². The molecule has 5 heteroatoms. The fourth-order valence-corrected chi connectivity index (χ4v) is 3.08. The van der Waals surface area contributed by atoms with E-state index in [1.807, 2.05) is 36.9 Å². The maximum Gasteiger partial charge on any atom is 0.221 e. The Bertz CT molecular complexity index is 703. The summed E-state index contributed by atoms with van der Waals surface area (Å²) in [4.78, 5) is 14.5. The molecule has 0 saturated heterocycles. The summed E-state index contributed by atoms with van der Waals surface area (Å²) in [6.45, 7) is 13.1. The first-order valence-corrected chi connectivity index (χ1v) is 9.10. The largest absolute Gasteiger partial charge is 0.349 e. The molecule has 25 heavy (non-hydrogen) atoms. The second kappa shape index (κ2) is 8.81. The van der Waals surface area contributed by atoms with E-state index >= 15 is 0 Å². The van der Waals surface area contributed by atoms with E-state index in [0.29, 0.717) is 6.42 Å². The van der Waals surface area contributed by atoms with Crippen molar-refractivity contribution in [3.8, 4) is 5.69 Å². The number of hydrogen-bond acceptors (Lipinski definition) is 3. The summed E-state index contributed by atoms with van der Waals surface area (Å²) in [5, 5.41) is 7.63. The van der Waals surface area contributed by atoms with Crippen LogP contribution < -0.4 is 5.32 Å². The van der Waals surface area contributed by atoms with Crippen molar-refractivity contribution in [2.24, 2.45) is 0 Å². The first-order chi connectivity index (χ1) is 12.0. The lowest BCUT2D eigenvalue weighted by Crippen LogP contribution is -2.32. The molecule has 1 heterocycles. The van der Waals surface area contributed by atoms with Gasteiger partial charge in [0.05, 0.1) is 17.9 Å². The number of aromatic nitrogens is 2. The van der Waals surface area contributed by atoms with E-state index in [4.69, 9.17) is 0 Å². The van der Waals surface area contributed by atoms with Crippen molar-refractivity contribution in [1.29, 1.82) is 0 Å². The number of rotatable bonds is 8. The summed E-state index contributed by atoms with van der Waals surface area (Å²) < 4.78 is 1.95. The zero-order valence-corrected chi connectivity index (χ0v) is 16.0. The number of aryl methyl sites for hydroxylation is 1. The van der Waals surface area contributed by atoms with Gasteiger partial charge < -0.3 is 10.2 Å². The summed E-state index contributed by atoms with van der Waals surface area (Å²) in [6, 6.07) is 8.13. The normalized spacial score (nSPS) is 12.4. The minimum atomic E-state index is -0.0537. The molecule has 0 aliphatic rings. The van der Waals surface area contributed by atoms with Gasteiger partial charge in [-0.15, -0.1) is 0 Å². The van der Waals surface area contributed by atoms with Crippen molar-refractivity contribution < 1.29 is 4.79 Å². The van der Waals surface area contributed by atoms with Gasteiger partial charge in [0, 0.05) is 24.2 Å². The van der Waals surface area contributed by atoms with Gasteiger partial charge in [-0.2, -0.15) is 5.10 Å². The molecule has 0 saturated carbocycles. The van der Waals surface area contributed by atoms with Crippen LogP contribution in [0.2, 0.25) is 0 Å². The number of nitrogens with one attached hydrogen (secondary N) is 1. The Morgan fingerprint density at radius 3 is 2.56 bits per heavy atom. The van der Waals surface area contributed by atoms with Crippen molar-refractivity contribution >= 4 is 5.91 Å². The smallest absolute Gasteiger partial charge is 0.221 e. The SMILES string of the molecule is CCN(CC)CCC(=O)NC(C)c1cnn(-c2ccccc2C)c1C. The van der Waals surface area contributed by atoms with Gasteiger partial charge >= 0.3 is 0 Å². The molecule has 1 amide bonds. The number of carbonyl (C=O) groups excluding carboxylic acids is 1. The molecule has 0 radical (unpaired) electrons. The van der Waals surface area contributed by atoms with Crippen LogP contribution in [0.3, 0.4) is 0 Å². The highest BCUT2D eigenvalue weighted by Crippen LogP contribution is 2.21. The molecule has 2 aromatic rings. The molecular formula is C20H30N4O. The van der Waals surface area contributed by atoms with Crippen LogP contribution in [0.4, 0.5) is 0 Å². The van der Waals surface area contributed by atoms with Crippen LogP contribution in [0.5, 0.6) is 0 Å². The Hall–Kier alpha value is -2.14. The minimum absolute atomic E-state index is 0.0537. The van der Waals surface area contributed by atoms with Gasteiger partial charge in [-0.3, -0.25) is 4.79 Å². The quantitative estimate of drug-likeness (QED) is 0.800. The first kappa shape index (κ1) is 19.2. The van der Waals surface area contributed by atoms with Gasteiger partial charge in [-0.25, -0.2) is 4.68 Å². The molecule has 1 atom stereocenters. The van der Waals surface area contributed by atoms with E-state index < -0.39 is 0 Å². The molecule has 0 spiro atoms. The molecule has 0 fully saturated rings. The molecule has 5 nitrogen and oxygen atoms in total. The fraction of sp³-hybridized carbons (Fsp3) is 0.500. The summed E-state index contributed by atoms with van der Waals surface area (Å²) in [7, 11) is 0. The molecular weight excluding hydrogens is 312 g/mol. The van der Waals surface area contributed by atoms with Gasteiger partial charge in [0.15, 0.2) is 0 Å². The van der Waals surface area contributed by atoms with Crippen LogP contribution in [-0.2, 0) is 4.79 Å². The second-order valence-electron chi connectivity index (χ2n) is 6.45. The molecule has 0 bridgehead atoms. The third-order valence-electron chi connectivity index (χ3n) is 4.78. The third-order valence-corrected chi connectivity index (χ3v) is 4.78. The summed E-state index contributed by atoms with van der Waals surface area (Å²) in [6.07, 6.45) is 2.38. The zero-order valence-electron chi connectivity index (χ0n) is 16.0. The Labute approximate surface area is 151 Å². The lowest BCUT2D eigenvalue weighted by Gasteiger charge is -2.19. The molecule has 136 valence electrons. The fourth-order valence-electron chi connectivity index (χ4n) is 3.08. The van der Waals surface area contributed by atoms with Crippen LogP contribution in [0.25, 0.3) is 5.69 Å². The van der Waals surface area contributed by atoms with Crippen LogP contribution in [-0.4, -0.2) is 40.2 Å². The number of benzene rings is 1. The lowest BCUT2D eigenvalue weighted by molar-refractivity contribution is -0.122. The molecule has 2 rings (SSSR count). The van der Waals surface area contributed by atoms with E-state index in [9.17, 15) is 4.79 Å². The van der Waals surface area contributed by atoms with Crippen LogP contribution in [0.15, 0.2) is 30.5 Å². The second-order valence-corrected chi connectivity index (χ2v) is 6.45. The summed E-state index contributed by atoms with van der Waals surface area (Å²) >= 11 is 0. The van der Waals surface area contributed by atoms with E-state index in [0.717, 1.165) is 36.6 Å². The Kier molecular flexibility index (Phi) is 6.76. The van der Waals surface area contributed by atoms with E-state index in [-0.39, 0.29) is 11.9 Å². The van der Waals surface area contributed by atoms with Crippen LogP contribution >= 0.6 is 0 Å². The van der Waals surface area contributed by atoms with Gasteiger partial charge in [0.2, 0.25) is 5.91 Å². The Morgan fingerprint density at radius 1 is 1.24 bits per heavy atom. The number of hydrogen-bond donors (Lipinski definition) is 1. The number of nitrogens with zero attached hydrogens (tertiary/aromatic N) is 3. The van der Waals surface area contributed by atoms with Crippen molar-refractivity contribution in [2.75, 3.05) is 19.6 Å². The highest BCUT2D eigenvalue weighted by molar-refractivity contribution is 5.76. The lowest BCUT2D eigenvalue weighted by atomic mass is 10.1. The maximum absolute atomic E-state index is 12.2. The third kappa shape index (κ3) is 4.69. The number of carbonyl (C=O) groups is 1. The topological polar surface area (TPSA) is 50.2 Å². The molecule has 1 unspecified atom stereocenters. The Morgan fingerprint density at radius 2 is 1.92 bits per heavy atom. The molecule has 1 aromatic carbocycles. The van der Waals surface area contributed by atoms with Gasteiger partial charge in [-0.1, -0.05) is 32.0 Å². The molecule has 0 aliphatic heterocycles. The molecule has 1 N–H and O–H groups in total. The average molecular weight is 342 g/mol. The van der Waals surface area contributed by atoms with Gasteiger partial charge in [0.1, 0.15) is 0 Å². The van der Waals surface area contributed by atoms with Crippen LogP contribution in [0.1, 0.15) is 50.1 Å². The zero-order chi connectivity index (χ0) is 18.4. The summed E-state index contributed by atoms with van der Waals surface area (Å²) in [5.74, 6) is 0.0856. The predicted octanol–water partition coefficient (Wildman–Crippen LogP) is 3.40. The standard InChI is InChI=1S/C20H30N4O/c1-6-23(7-2)13-12-20(25)22-16(4)18-14-21-24(17(18)5)19-11-9-8-10-15(19)3/h8-11,14,16H,6-7,12-13H2,1-5H3,(H,22,25). The number of amides is 1. The maximum atomic E-state index is 12.2. The van der Waals surface area contributed by atoms with Gasteiger partial charge in [-0.05, 0) is 45.5 Å². The molecule has 0 aliphatic carbocycles. The Balaban J connectivity index is 2.04. The van der Waals surface area contributed by atoms with E-state index in [1.54, 1.807) is 0 Å². The monoisotopic (exact) mass is 342 g/mol. The van der Waals surface area contributed by atoms with E-state index in [2.05, 4.69) is 48.2 Å². The number of para-hydroxylation sites is 1. The predicted molar refractivity (Wildman–Crippen MR) is 102 cm³/mol. The van der Waals surface area contributed by atoms with Crippen molar-refractivity contribution in [1.82, 2.24) is 20.0 Å². The summed E-state index contributed by atoms with van der Waals surface area (Å²) in [5.41, 5.74) is 4.37. The highest BCUT2D eigenvalue weighted by atomic mass is 16.1. The highest BCUT2D eigenvalue weighted by Gasteiger charge is 2.17. The van der Waals surface area contributed by atoms with Gasteiger partial charge in [0.25, 0.3) is 0 Å². The first-order valence-electron chi connectivity index (χ1n) is 9.10. The van der Waals surface area contributed by atoms with Crippen molar-refractivity contribution in [3.05, 3.63) is 47.3 Å². The van der Waals surface area contributed by atoms with E-state index in [1.165, 1.54) is 5.56 Å². The average Bonchev–Trinajstić information content (AvgIpc) is 2.97. The minimum Gasteiger partial charge on any atom is -0.349 e. The molecule has 1 aromatic heterocycles. The van der Waals surface area contributed by atoms with Crippen LogP contribution in [0, 0.1) is 13.8 Å².